The molecule has 1 saturated heterocycles. The normalized spacial score (nSPS) is 18.2. The van der Waals surface area contributed by atoms with Gasteiger partial charge in [-0.15, -0.1) is 23.9 Å². The first-order valence-corrected chi connectivity index (χ1v) is 11.9. The minimum atomic E-state index is -0.680. The van der Waals surface area contributed by atoms with E-state index >= 15 is 0 Å². The largest absolute Gasteiger partial charge is 2.00 e. The fraction of sp³-hybridized carbons (Fsp3) is 0.207. The van der Waals surface area contributed by atoms with Crippen LogP contribution in [0.5, 0.6) is 0 Å². The summed E-state index contributed by atoms with van der Waals surface area (Å²) in [7, 11) is -0.680. The van der Waals surface area contributed by atoms with Gasteiger partial charge >= 0.3 is 17.1 Å². The maximum absolute atomic E-state index is 6.03. The number of nitrogens with zero attached hydrogens (tertiary/aromatic N) is 1. The van der Waals surface area contributed by atoms with Crippen molar-refractivity contribution in [3.8, 4) is 0 Å². The molecule has 0 spiro atoms. The molecular formula is C29H24FeNOP. The van der Waals surface area contributed by atoms with Gasteiger partial charge in [-0.1, -0.05) is 86.8 Å². The van der Waals surface area contributed by atoms with Crippen LogP contribution in [0.15, 0.2) is 107 Å². The summed E-state index contributed by atoms with van der Waals surface area (Å²) in [6, 6.07) is 21.6. The second-order valence-corrected chi connectivity index (χ2v) is 10.7. The van der Waals surface area contributed by atoms with Crippen LogP contribution in [0.1, 0.15) is 20.8 Å². The summed E-state index contributed by atoms with van der Waals surface area (Å²) >= 11 is 0. The zero-order chi connectivity index (χ0) is 22.4. The van der Waals surface area contributed by atoms with E-state index in [0.717, 1.165) is 11.8 Å². The molecule has 0 aromatic heterocycles. The van der Waals surface area contributed by atoms with Crippen LogP contribution in [0, 0.1) is 23.8 Å². The summed E-state index contributed by atoms with van der Waals surface area (Å²) in [5, 5.41) is 8.81. The summed E-state index contributed by atoms with van der Waals surface area (Å²) in [4.78, 5) is 0. The fourth-order valence-corrected chi connectivity index (χ4v) is 5.81. The van der Waals surface area contributed by atoms with Crippen LogP contribution >= 0.6 is 7.92 Å². The Kier molecular flexibility index (Phi) is 8.94. The maximum Gasteiger partial charge on any atom is 2.00 e. The Balaban J connectivity index is 0.000000453. The third-order valence-corrected chi connectivity index (χ3v) is 7.66. The summed E-state index contributed by atoms with van der Waals surface area (Å²) in [5.74, 6) is 0. The molecule has 33 heavy (non-hydrogen) atoms. The van der Waals surface area contributed by atoms with Crippen molar-refractivity contribution in [1.82, 2.24) is 0 Å². The number of benzene rings is 2. The van der Waals surface area contributed by atoms with Gasteiger partial charge in [0, 0.05) is 18.4 Å². The molecule has 5 rings (SSSR count). The number of hydrogen-bond acceptors (Lipinski definition) is 1. The molecule has 0 unspecified atom stereocenters. The summed E-state index contributed by atoms with van der Waals surface area (Å²) < 4.78 is 6.03. The SMILES string of the molecule is CC(C)(C)[C@@H]1CO[C](C2=C=CC=C2P(c2ccccc2)c2ccccc2)[N-]1.[C]1=C=C=C=[C-]1.[Fe+2]. The molecule has 2 aliphatic carbocycles. The van der Waals surface area contributed by atoms with E-state index in [1.165, 1.54) is 15.9 Å². The van der Waals surface area contributed by atoms with Crippen LogP contribution < -0.4 is 10.6 Å². The van der Waals surface area contributed by atoms with Crippen molar-refractivity contribution in [2.45, 2.75) is 26.8 Å². The van der Waals surface area contributed by atoms with Gasteiger partial charge in [-0.3, -0.25) is 11.5 Å². The Bertz CT molecular complexity index is 1130. The average molecular weight is 489 g/mol. The van der Waals surface area contributed by atoms with Crippen molar-refractivity contribution < 1.29 is 21.8 Å². The van der Waals surface area contributed by atoms with Gasteiger partial charge in [0.1, 0.15) is 0 Å². The number of hydrogen-bond donors (Lipinski definition) is 0. The average Bonchev–Trinajstić information content (AvgIpc) is 3.58. The molecule has 164 valence electrons. The van der Waals surface area contributed by atoms with Crippen LogP contribution in [0.2, 0.25) is 0 Å². The first kappa shape index (κ1) is 25.3. The zero-order valence-corrected chi connectivity index (χ0v) is 20.9. The predicted octanol–water partition coefficient (Wildman–Crippen LogP) is 6.03. The molecule has 1 atom stereocenters. The minimum absolute atomic E-state index is 0. The van der Waals surface area contributed by atoms with Gasteiger partial charge < -0.3 is 10.1 Å². The number of allylic oxidation sites excluding steroid dienone is 3. The maximum atomic E-state index is 6.03. The molecule has 2 aromatic rings. The monoisotopic (exact) mass is 489 g/mol. The topological polar surface area (TPSA) is 23.3 Å². The van der Waals surface area contributed by atoms with E-state index in [0.29, 0.717) is 6.61 Å². The van der Waals surface area contributed by atoms with Gasteiger partial charge in [0.2, 0.25) is 0 Å². The molecule has 0 bridgehead atoms. The van der Waals surface area contributed by atoms with Crippen molar-refractivity contribution >= 4 is 18.5 Å². The van der Waals surface area contributed by atoms with Gasteiger partial charge in [0.25, 0.3) is 0 Å². The molecular weight excluding hydrogens is 465 g/mol. The summed E-state index contributed by atoms with van der Waals surface area (Å²) in [6.45, 7) is 7.28. The van der Waals surface area contributed by atoms with Gasteiger partial charge in [-0.2, -0.15) is 0 Å². The molecule has 1 fully saturated rings. The smallest absolute Gasteiger partial charge is 0.623 e. The fourth-order valence-electron chi connectivity index (χ4n) is 3.41. The quantitative estimate of drug-likeness (QED) is 0.223. The molecule has 2 radical (unpaired) electrons. The van der Waals surface area contributed by atoms with Gasteiger partial charge in [0.05, 0.1) is 0 Å². The van der Waals surface area contributed by atoms with Crippen LogP contribution in [0.25, 0.3) is 5.32 Å². The standard InChI is InChI=1S/C24H24NOP.C5.Fe/c1-24(2,3)22-17-26-23(25-22)20-15-10-16-21(20)27(18-11-6-4-7-12-18)19-13-8-5-9-14-19;1-2-4-5-3-1;/h4-14,16,22H,17H2,1-3H3;;/q2*-1;+2/t22-;;/m0../s1. The first-order chi connectivity index (χ1) is 15.5. The summed E-state index contributed by atoms with van der Waals surface area (Å²) in [5.41, 5.74) is 12.0. The van der Waals surface area contributed by atoms with Crippen LogP contribution in [0.4, 0.5) is 0 Å². The molecule has 3 aliphatic rings. The van der Waals surface area contributed by atoms with Crippen molar-refractivity contribution in [2.75, 3.05) is 6.61 Å². The van der Waals surface area contributed by atoms with E-state index in [4.69, 9.17) is 10.1 Å². The Morgan fingerprint density at radius 1 is 0.970 bits per heavy atom. The Morgan fingerprint density at radius 3 is 2.06 bits per heavy atom. The molecule has 0 N–H and O–H groups in total. The summed E-state index contributed by atoms with van der Waals surface area (Å²) in [6.07, 6.45) is 9.92. The van der Waals surface area contributed by atoms with E-state index in [9.17, 15) is 0 Å². The second-order valence-electron chi connectivity index (χ2n) is 8.50. The van der Waals surface area contributed by atoms with E-state index in [-0.39, 0.29) is 28.5 Å². The number of rotatable bonds is 4. The van der Waals surface area contributed by atoms with Crippen molar-refractivity contribution in [2.24, 2.45) is 5.41 Å². The third-order valence-electron chi connectivity index (χ3n) is 5.17. The third kappa shape index (κ3) is 6.37. The predicted molar refractivity (Wildman–Crippen MR) is 132 cm³/mol. The Hall–Kier alpha value is -2.35. The Labute approximate surface area is 209 Å². The first-order valence-electron chi connectivity index (χ1n) is 10.6. The molecule has 4 heteroatoms. The molecule has 0 amide bonds. The number of ether oxygens (including phenoxy) is 1. The minimum Gasteiger partial charge on any atom is -0.623 e. The van der Waals surface area contributed by atoms with E-state index in [1.807, 2.05) is 6.08 Å². The van der Waals surface area contributed by atoms with Gasteiger partial charge in [-0.05, 0) is 36.0 Å². The second kappa shape index (κ2) is 11.7. The van der Waals surface area contributed by atoms with Gasteiger partial charge in [-0.25, -0.2) is 5.73 Å². The molecule has 0 saturated carbocycles. The van der Waals surface area contributed by atoms with Crippen LogP contribution in [-0.4, -0.2) is 12.6 Å². The van der Waals surface area contributed by atoms with Crippen molar-refractivity contribution in [1.29, 1.82) is 0 Å². The molecule has 2 aromatic carbocycles. The van der Waals surface area contributed by atoms with Crippen LogP contribution in [-0.2, 0) is 21.8 Å². The molecule has 1 heterocycles. The van der Waals surface area contributed by atoms with E-state index in [2.05, 4.69) is 123 Å². The van der Waals surface area contributed by atoms with Crippen molar-refractivity contribution in [3.63, 3.8) is 0 Å². The van der Waals surface area contributed by atoms with Gasteiger partial charge in [0.15, 0.2) is 0 Å². The Morgan fingerprint density at radius 2 is 1.61 bits per heavy atom. The zero-order valence-electron chi connectivity index (χ0n) is 18.9. The van der Waals surface area contributed by atoms with E-state index < -0.39 is 7.92 Å². The van der Waals surface area contributed by atoms with Crippen molar-refractivity contribution in [3.05, 3.63) is 130 Å². The van der Waals surface area contributed by atoms with E-state index in [1.54, 1.807) is 0 Å². The molecule has 1 aliphatic heterocycles. The molecule has 2 nitrogen and oxygen atoms in total. The van der Waals surface area contributed by atoms with Crippen LogP contribution in [0.3, 0.4) is 0 Å².